The molecule has 154 valence electrons. The van der Waals surface area contributed by atoms with Crippen LogP contribution < -0.4 is 0 Å². The van der Waals surface area contributed by atoms with Crippen LogP contribution in [0.15, 0.2) is 71.4 Å². The number of hydrogen-bond acceptors (Lipinski definition) is 4. The molecule has 0 fully saturated rings. The Kier molecular flexibility index (Phi) is 4.79. The lowest BCUT2D eigenvalue weighted by atomic mass is 10.3. The highest BCUT2D eigenvalue weighted by atomic mass is 32.1. The fourth-order valence-electron chi connectivity index (χ4n) is 3.64. The molecule has 32 heavy (non-hydrogen) atoms. The van der Waals surface area contributed by atoms with Crippen molar-refractivity contribution in [1.82, 2.24) is 19.9 Å². The first kappa shape index (κ1) is 19.0. The number of rotatable bonds is 0. The van der Waals surface area contributed by atoms with Gasteiger partial charge in [0.25, 0.3) is 0 Å². The molecule has 8 bridgehead atoms. The Morgan fingerprint density at radius 2 is 0.875 bits per heavy atom. The van der Waals surface area contributed by atoms with Crippen molar-refractivity contribution in [3.8, 4) is 0 Å². The number of nitrogens with zero attached hydrogens (tertiary/aromatic N) is 2. The maximum Gasteiger partial charge on any atom is 0.0659 e. The summed E-state index contributed by atoms with van der Waals surface area (Å²) < 4.78 is 2.82. The Hall–Kier alpha value is -3.74. The molecule has 0 radical (unpaired) electrons. The number of H-pyrrole nitrogens is 2. The van der Waals surface area contributed by atoms with Gasteiger partial charge in [-0.3, -0.25) is 0 Å². The minimum atomic E-state index is 0.915. The zero-order chi connectivity index (χ0) is 21.3. The van der Waals surface area contributed by atoms with E-state index in [1.807, 2.05) is 42.5 Å². The number of fused-ring (bicyclic) bond motifs is 9. The number of nitrogens with one attached hydrogen (secondary N) is 2. The third-order valence-electron chi connectivity index (χ3n) is 5.11. The largest absolute Gasteiger partial charge is 0.355 e. The second-order valence-electron chi connectivity index (χ2n) is 7.47. The third-order valence-corrected chi connectivity index (χ3v) is 7.01. The van der Waals surface area contributed by atoms with E-state index in [2.05, 4.69) is 73.2 Å². The first-order valence-corrected chi connectivity index (χ1v) is 12.0. The minimum absolute atomic E-state index is 0.915. The molecule has 0 aromatic carbocycles. The fourth-order valence-corrected chi connectivity index (χ4v) is 5.47. The highest BCUT2D eigenvalue weighted by Crippen LogP contribution is 2.25. The van der Waals surface area contributed by atoms with Crippen molar-refractivity contribution >= 4 is 78.4 Å². The Bertz CT molecular complexity index is 1500. The second-order valence-corrected chi connectivity index (χ2v) is 9.37. The van der Waals surface area contributed by atoms with Gasteiger partial charge in [-0.2, -0.15) is 0 Å². The predicted octanol–water partition coefficient (Wildman–Crippen LogP) is 7.62. The molecule has 2 N–H and O–H groups in total. The van der Waals surface area contributed by atoms with Crippen LogP contribution in [-0.4, -0.2) is 19.9 Å². The van der Waals surface area contributed by atoms with Crippen molar-refractivity contribution in [2.45, 2.75) is 0 Å². The lowest BCUT2D eigenvalue weighted by Gasteiger charge is -1.86. The molecule has 0 saturated carbocycles. The van der Waals surface area contributed by atoms with Crippen LogP contribution in [0.5, 0.6) is 0 Å². The van der Waals surface area contributed by atoms with E-state index in [4.69, 9.17) is 0 Å². The highest BCUT2D eigenvalue weighted by molar-refractivity contribution is 7.25. The predicted molar refractivity (Wildman–Crippen MR) is 139 cm³/mol. The van der Waals surface area contributed by atoms with Gasteiger partial charge in [-0.1, -0.05) is 0 Å². The molecule has 0 saturated heterocycles. The molecule has 0 unspecified atom stereocenters. The molecule has 0 amide bonds. The molecule has 0 aliphatic carbocycles. The molecular weight excluding hydrogens is 432 g/mol. The normalized spacial score (nSPS) is 12.1. The van der Waals surface area contributed by atoms with Gasteiger partial charge in [0, 0.05) is 31.5 Å². The average molecular weight is 451 g/mol. The maximum atomic E-state index is 4.62. The summed E-state index contributed by atoms with van der Waals surface area (Å²) in [5, 5.41) is 4.25. The van der Waals surface area contributed by atoms with Crippen LogP contribution in [0, 0.1) is 0 Å². The van der Waals surface area contributed by atoms with Crippen molar-refractivity contribution in [3.05, 3.63) is 94.2 Å². The third kappa shape index (κ3) is 4.06. The van der Waals surface area contributed by atoms with Crippen molar-refractivity contribution in [2.75, 3.05) is 0 Å². The van der Waals surface area contributed by atoms with Crippen LogP contribution in [0.4, 0.5) is 0 Å². The molecule has 5 aromatic heterocycles. The molecule has 5 aromatic rings. The summed E-state index contributed by atoms with van der Waals surface area (Å²) in [6.45, 7) is 0. The van der Waals surface area contributed by atoms with E-state index in [0.29, 0.717) is 0 Å². The summed E-state index contributed by atoms with van der Waals surface area (Å²) in [6, 6.07) is 20.7. The molecule has 0 spiro atoms. The fraction of sp³-hybridized carbons (Fsp3) is 0. The summed E-state index contributed by atoms with van der Waals surface area (Å²) in [5.41, 5.74) is 7.86. The van der Waals surface area contributed by atoms with E-state index in [1.54, 1.807) is 22.7 Å². The quantitative estimate of drug-likeness (QED) is 0.250. The number of aromatic amines is 2. The summed E-state index contributed by atoms with van der Waals surface area (Å²) in [5.74, 6) is 0. The van der Waals surface area contributed by atoms with Gasteiger partial charge in [-0.25, -0.2) is 9.97 Å². The standard InChI is InChI=1S/C20H14N4.C6H4S2/c1-2-14-10-16-5-6-18(23-16)12-20-8-7-19(24-20)11-17-4-3-15(22-17)9-13(1)21-14;1-3-7-6-2-4-8-5(1)6/h1-12,21-22H;1-4H. The van der Waals surface area contributed by atoms with Gasteiger partial charge in [0.15, 0.2) is 0 Å². The van der Waals surface area contributed by atoms with Crippen molar-refractivity contribution in [3.63, 3.8) is 0 Å². The van der Waals surface area contributed by atoms with E-state index in [0.717, 1.165) is 44.8 Å². The van der Waals surface area contributed by atoms with Gasteiger partial charge in [0.05, 0.1) is 22.8 Å². The topological polar surface area (TPSA) is 57.4 Å². The van der Waals surface area contributed by atoms with Gasteiger partial charge in [-0.05, 0) is 95.7 Å². The molecule has 6 heteroatoms. The summed E-state index contributed by atoms with van der Waals surface area (Å²) in [7, 11) is 0. The van der Waals surface area contributed by atoms with Gasteiger partial charge >= 0.3 is 0 Å². The zero-order valence-electron chi connectivity index (χ0n) is 16.9. The van der Waals surface area contributed by atoms with Gasteiger partial charge in [0.2, 0.25) is 0 Å². The zero-order valence-corrected chi connectivity index (χ0v) is 18.6. The monoisotopic (exact) mass is 450 g/mol. The van der Waals surface area contributed by atoms with Crippen LogP contribution in [0.25, 0.3) is 55.8 Å². The van der Waals surface area contributed by atoms with E-state index in [-0.39, 0.29) is 0 Å². The molecule has 0 atom stereocenters. The minimum Gasteiger partial charge on any atom is -0.355 e. The lowest BCUT2D eigenvalue weighted by molar-refractivity contribution is 1.28. The number of thiophene rings is 2. The van der Waals surface area contributed by atoms with Crippen molar-refractivity contribution in [2.24, 2.45) is 0 Å². The Labute approximate surface area is 192 Å². The second kappa shape index (κ2) is 8.07. The van der Waals surface area contributed by atoms with Crippen LogP contribution in [0.1, 0.15) is 22.8 Å². The maximum absolute atomic E-state index is 4.62. The van der Waals surface area contributed by atoms with Gasteiger partial charge < -0.3 is 9.97 Å². The Balaban J connectivity index is 0.000000205. The van der Waals surface area contributed by atoms with Gasteiger partial charge in [-0.15, -0.1) is 22.7 Å². The van der Waals surface area contributed by atoms with E-state index in [1.165, 1.54) is 9.40 Å². The van der Waals surface area contributed by atoms with E-state index in [9.17, 15) is 0 Å². The van der Waals surface area contributed by atoms with E-state index < -0.39 is 0 Å². The lowest BCUT2D eigenvalue weighted by Crippen LogP contribution is -1.77. The summed E-state index contributed by atoms with van der Waals surface area (Å²) in [4.78, 5) is 16.0. The van der Waals surface area contributed by atoms with Crippen LogP contribution in [-0.2, 0) is 0 Å². The average Bonchev–Trinajstić information content (AvgIpc) is 3.56. The van der Waals surface area contributed by atoms with Crippen LogP contribution in [0.2, 0.25) is 0 Å². The first-order valence-electron chi connectivity index (χ1n) is 10.2. The Morgan fingerprint density at radius 3 is 1.34 bits per heavy atom. The summed E-state index contributed by atoms with van der Waals surface area (Å²) in [6.07, 6.45) is 8.05. The smallest absolute Gasteiger partial charge is 0.0659 e. The number of aromatic nitrogens is 4. The Morgan fingerprint density at radius 1 is 0.469 bits per heavy atom. The molecular formula is C26H18N4S2. The summed E-state index contributed by atoms with van der Waals surface area (Å²) >= 11 is 3.61. The van der Waals surface area contributed by atoms with E-state index >= 15 is 0 Å². The molecule has 7 rings (SSSR count). The molecule has 2 aliphatic rings. The van der Waals surface area contributed by atoms with Crippen molar-refractivity contribution in [1.29, 1.82) is 0 Å². The van der Waals surface area contributed by atoms with Gasteiger partial charge in [0.1, 0.15) is 0 Å². The van der Waals surface area contributed by atoms with Crippen molar-refractivity contribution < 1.29 is 0 Å². The SMILES string of the molecule is C1=Cc2cc3ccc(cc4ccc(cc5nc(cc1n2)C=C5)[nH]4)[nH]3.c1cc2sccc2s1. The van der Waals surface area contributed by atoms with Crippen LogP contribution in [0.3, 0.4) is 0 Å². The molecule has 7 heterocycles. The van der Waals surface area contributed by atoms with Crippen LogP contribution >= 0.6 is 22.7 Å². The highest BCUT2D eigenvalue weighted by Gasteiger charge is 2.02. The molecule has 4 nitrogen and oxygen atoms in total. The molecule has 2 aliphatic heterocycles. The number of hydrogen-bond donors (Lipinski definition) is 2. The first-order chi connectivity index (χ1) is 15.8.